The number of benzene rings is 1. The van der Waals surface area contributed by atoms with Gasteiger partial charge in [0.1, 0.15) is 0 Å². The lowest BCUT2D eigenvalue weighted by molar-refractivity contribution is -0.118. The van der Waals surface area contributed by atoms with Crippen LogP contribution in [-0.2, 0) is 4.79 Å². The fourth-order valence-corrected chi connectivity index (χ4v) is 1.52. The van der Waals surface area contributed by atoms with E-state index in [1.54, 1.807) is 12.1 Å². The van der Waals surface area contributed by atoms with Crippen LogP contribution in [0.5, 0.6) is 0 Å². The number of carbonyl (C=O) groups excluding carboxylic acids is 1. The first-order chi connectivity index (χ1) is 8.91. The number of rotatable bonds is 5. The Bertz CT molecular complexity index is 490. The monoisotopic (exact) mass is 300 g/mol. The average Bonchev–Trinajstić information content (AvgIpc) is 2.34. The topological polar surface area (TPSA) is 120 Å². The standard InChI is InChI=1S/C12H16N4O3.ClH/c1-8(17)15-6-7-16(12(13)14)10-4-2-9(3-5-10)11(18)19;/h2-5H,6-7H2,1H3,(H3,13,14)(H,15,17)(H,18,19);1H. The third-order valence-electron chi connectivity index (χ3n) is 2.43. The van der Waals surface area contributed by atoms with Crippen LogP contribution in [0.15, 0.2) is 24.3 Å². The van der Waals surface area contributed by atoms with Crippen LogP contribution >= 0.6 is 12.4 Å². The molecule has 0 atom stereocenters. The average molecular weight is 301 g/mol. The third kappa shape index (κ3) is 5.15. The number of amides is 1. The van der Waals surface area contributed by atoms with Gasteiger partial charge in [0.05, 0.1) is 5.56 Å². The first kappa shape index (κ1) is 17.7. The molecule has 0 radical (unpaired) electrons. The largest absolute Gasteiger partial charge is 0.478 e. The van der Waals surface area contributed by atoms with Crippen molar-refractivity contribution in [1.82, 2.24) is 5.32 Å². The number of carboxylic acids is 1. The quantitative estimate of drug-likeness (QED) is 0.470. The van der Waals surface area contributed by atoms with Crippen molar-refractivity contribution in [1.29, 1.82) is 5.41 Å². The second-order valence-electron chi connectivity index (χ2n) is 3.87. The molecule has 8 heteroatoms. The Hall–Kier alpha value is -2.28. The van der Waals surface area contributed by atoms with E-state index < -0.39 is 5.97 Å². The van der Waals surface area contributed by atoms with E-state index in [2.05, 4.69) is 5.32 Å². The van der Waals surface area contributed by atoms with Crippen molar-refractivity contribution in [3.05, 3.63) is 29.8 Å². The van der Waals surface area contributed by atoms with E-state index in [9.17, 15) is 9.59 Å². The van der Waals surface area contributed by atoms with Crippen LogP contribution in [0.1, 0.15) is 17.3 Å². The molecule has 1 aromatic carbocycles. The van der Waals surface area contributed by atoms with Crippen molar-refractivity contribution in [2.75, 3.05) is 18.0 Å². The summed E-state index contributed by atoms with van der Waals surface area (Å²) in [6.45, 7) is 2.08. The molecule has 0 aliphatic rings. The Morgan fingerprint density at radius 2 is 1.90 bits per heavy atom. The number of nitrogens with one attached hydrogen (secondary N) is 2. The third-order valence-corrected chi connectivity index (χ3v) is 2.43. The van der Waals surface area contributed by atoms with Gasteiger partial charge in [-0.3, -0.25) is 10.2 Å². The highest BCUT2D eigenvalue weighted by atomic mass is 35.5. The van der Waals surface area contributed by atoms with Crippen molar-refractivity contribution in [3.8, 4) is 0 Å². The number of aromatic carboxylic acids is 1. The maximum atomic E-state index is 10.8. The number of nitrogens with zero attached hydrogens (tertiary/aromatic N) is 1. The lowest BCUT2D eigenvalue weighted by Gasteiger charge is -2.22. The van der Waals surface area contributed by atoms with Gasteiger partial charge in [-0.15, -0.1) is 12.4 Å². The molecule has 0 unspecified atom stereocenters. The fourth-order valence-electron chi connectivity index (χ4n) is 1.52. The Kier molecular flexibility index (Phi) is 7.09. The molecule has 0 aromatic heterocycles. The lowest BCUT2D eigenvalue weighted by atomic mass is 10.2. The Labute approximate surface area is 122 Å². The van der Waals surface area contributed by atoms with E-state index >= 15 is 0 Å². The van der Waals surface area contributed by atoms with Crippen LogP contribution < -0.4 is 16.0 Å². The zero-order valence-corrected chi connectivity index (χ0v) is 11.7. The normalized spacial score (nSPS) is 9.25. The molecular weight excluding hydrogens is 284 g/mol. The van der Waals surface area contributed by atoms with E-state index in [0.29, 0.717) is 18.8 Å². The van der Waals surface area contributed by atoms with Crippen molar-refractivity contribution >= 4 is 35.9 Å². The fraction of sp³-hybridized carbons (Fsp3) is 0.250. The molecule has 1 rings (SSSR count). The van der Waals surface area contributed by atoms with Crippen molar-refractivity contribution in [2.24, 2.45) is 5.73 Å². The zero-order valence-electron chi connectivity index (χ0n) is 10.9. The second kappa shape index (κ2) is 8.00. The minimum absolute atomic E-state index is 0. The van der Waals surface area contributed by atoms with Gasteiger partial charge in [-0.05, 0) is 24.3 Å². The number of hydrogen-bond acceptors (Lipinski definition) is 3. The Morgan fingerprint density at radius 3 is 2.30 bits per heavy atom. The molecule has 0 saturated carbocycles. The van der Waals surface area contributed by atoms with Gasteiger partial charge in [-0.25, -0.2) is 4.79 Å². The summed E-state index contributed by atoms with van der Waals surface area (Å²) < 4.78 is 0. The maximum absolute atomic E-state index is 10.8. The molecule has 5 N–H and O–H groups in total. The Balaban J connectivity index is 0.00000361. The summed E-state index contributed by atoms with van der Waals surface area (Å²) >= 11 is 0. The van der Waals surface area contributed by atoms with Gasteiger partial charge in [0.2, 0.25) is 5.91 Å². The minimum Gasteiger partial charge on any atom is -0.478 e. The summed E-state index contributed by atoms with van der Waals surface area (Å²) in [7, 11) is 0. The summed E-state index contributed by atoms with van der Waals surface area (Å²) in [5.74, 6) is -1.35. The first-order valence-electron chi connectivity index (χ1n) is 5.61. The van der Waals surface area contributed by atoms with E-state index in [1.807, 2.05) is 0 Å². The number of hydrogen-bond donors (Lipinski definition) is 4. The maximum Gasteiger partial charge on any atom is 0.335 e. The van der Waals surface area contributed by atoms with Crippen molar-refractivity contribution in [3.63, 3.8) is 0 Å². The number of anilines is 1. The summed E-state index contributed by atoms with van der Waals surface area (Å²) in [4.78, 5) is 23.0. The smallest absolute Gasteiger partial charge is 0.335 e. The number of carbonyl (C=O) groups is 2. The summed E-state index contributed by atoms with van der Waals surface area (Å²) in [5.41, 5.74) is 6.22. The number of guanidine groups is 1. The molecule has 7 nitrogen and oxygen atoms in total. The van der Waals surface area contributed by atoms with E-state index in [1.165, 1.54) is 24.0 Å². The summed E-state index contributed by atoms with van der Waals surface area (Å²) in [5, 5.41) is 18.9. The predicted molar refractivity (Wildman–Crippen MR) is 78.6 cm³/mol. The molecule has 0 aliphatic heterocycles. The highest BCUT2D eigenvalue weighted by molar-refractivity contribution is 5.93. The first-order valence-corrected chi connectivity index (χ1v) is 5.61. The molecule has 0 saturated heterocycles. The summed E-state index contributed by atoms with van der Waals surface area (Å²) in [6.07, 6.45) is 0. The second-order valence-corrected chi connectivity index (χ2v) is 3.87. The van der Waals surface area contributed by atoms with Gasteiger partial charge in [0, 0.05) is 25.7 Å². The van der Waals surface area contributed by atoms with Gasteiger partial charge in [-0.1, -0.05) is 0 Å². The van der Waals surface area contributed by atoms with Gasteiger partial charge in [0.25, 0.3) is 0 Å². The lowest BCUT2D eigenvalue weighted by Crippen LogP contribution is -2.41. The molecule has 1 aromatic rings. The van der Waals surface area contributed by atoms with E-state index in [-0.39, 0.29) is 29.8 Å². The number of halogens is 1. The van der Waals surface area contributed by atoms with Gasteiger partial charge in [-0.2, -0.15) is 0 Å². The SMILES string of the molecule is CC(=O)NCCN(C(=N)N)c1ccc(C(=O)O)cc1.Cl. The van der Waals surface area contributed by atoms with Crippen LogP contribution in [0.3, 0.4) is 0 Å². The number of nitrogens with two attached hydrogens (primary N) is 1. The van der Waals surface area contributed by atoms with Gasteiger partial charge in [0.15, 0.2) is 5.96 Å². The van der Waals surface area contributed by atoms with Crippen LogP contribution in [-0.4, -0.2) is 36.0 Å². The van der Waals surface area contributed by atoms with Crippen LogP contribution in [0.4, 0.5) is 5.69 Å². The van der Waals surface area contributed by atoms with Crippen LogP contribution in [0.25, 0.3) is 0 Å². The summed E-state index contributed by atoms with van der Waals surface area (Å²) in [6, 6.07) is 6.01. The molecule has 0 heterocycles. The molecule has 1 amide bonds. The van der Waals surface area contributed by atoms with Gasteiger partial charge < -0.3 is 21.1 Å². The zero-order chi connectivity index (χ0) is 14.4. The molecular formula is C12H17ClN4O3. The van der Waals surface area contributed by atoms with Crippen molar-refractivity contribution in [2.45, 2.75) is 6.92 Å². The molecule has 0 aliphatic carbocycles. The van der Waals surface area contributed by atoms with Crippen LogP contribution in [0.2, 0.25) is 0 Å². The van der Waals surface area contributed by atoms with E-state index in [0.717, 1.165) is 0 Å². The van der Waals surface area contributed by atoms with Crippen molar-refractivity contribution < 1.29 is 14.7 Å². The van der Waals surface area contributed by atoms with Gasteiger partial charge >= 0.3 is 5.97 Å². The highest BCUT2D eigenvalue weighted by Gasteiger charge is 2.10. The minimum atomic E-state index is -1.01. The molecule has 0 spiro atoms. The molecule has 110 valence electrons. The Morgan fingerprint density at radius 1 is 1.35 bits per heavy atom. The number of carboxylic acid groups (broad SMARTS) is 1. The van der Waals surface area contributed by atoms with Crippen LogP contribution in [0, 0.1) is 5.41 Å². The molecule has 20 heavy (non-hydrogen) atoms. The predicted octanol–water partition coefficient (Wildman–Crippen LogP) is 0.643. The molecule has 0 fully saturated rings. The van der Waals surface area contributed by atoms with E-state index in [4.69, 9.17) is 16.2 Å². The highest BCUT2D eigenvalue weighted by Crippen LogP contribution is 2.14. The molecule has 0 bridgehead atoms.